The molecule has 0 atom stereocenters. The van der Waals surface area contributed by atoms with Gasteiger partial charge in [-0.3, -0.25) is 14.5 Å². The highest BCUT2D eigenvalue weighted by Gasteiger charge is 2.43. The van der Waals surface area contributed by atoms with Crippen molar-refractivity contribution in [3.63, 3.8) is 0 Å². The Morgan fingerprint density at radius 2 is 1.92 bits per heavy atom. The maximum atomic E-state index is 12.1. The van der Waals surface area contributed by atoms with Gasteiger partial charge in [-0.05, 0) is 32.4 Å². The third-order valence-corrected chi connectivity index (χ3v) is 4.08. The number of hydrogen-bond donors (Lipinski definition) is 1. The Morgan fingerprint density at radius 3 is 2.52 bits per heavy atom. The van der Waals surface area contributed by atoms with Gasteiger partial charge in [-0.1, -0.05) is 18.2 Å². The average molecular weight is 347 g/mol. The Hall–Kier alpha value is -2.57. The van der Waals surface area contributed by atoms with Crippen LogP contribution < -0.4 is 10.1 Å². The number of amides is 4. The molecule has 0 unspecified atom stereocenters. The molecule has 1 heterocycles. The normalized spacial score (nSPS) is 15.9. The van der Waals surface area contributed by atoms with E-state index in [1.807, 2.05) is 30.3 Å². The van der Waals surface area contributed by atoms with Crippen molar-refractivity contribution in [2.75, 3.05) is 26.7 Å². The van der Waals surface area contributed by atoms with E-state index in [0.717, 1.165) is 5.75 Å². The fourth-order valence-corrected chi connectivity index (χ4v) is 2.54. The largest absolute Gasteiger partial charge is 0.492 e. The number of urea groups is 1. The van der Waals surface area contributed by atoms with Crippen molar-refractivity contribution in [2.24, 2.45) is 0 Å². The van der Waals surface area contributed by atoms with E-state index < -0.39 is 11.6 Å². The fourth-order valence-electron chi connectivity index (χ4n) is 2.54. The van der Waals surface area contributed by atoms with Crippen molar-refractivity contribution >= 4 is 17.8 Å². The molecular formula is C18H25N3O4. The molecule has 0 spiro atoms. The number of nitrogens with zero attached hydrogens (tertiary/aromatic N) is 2. The van der Waals surface area contributed by atoms with Gasteiger partial charge in [0.25, 0.3) is 5.91 Å². The first-order chi connectivity index (χ1) is 11.8. The van der Waals surface area contributed by atoms with Gasteiger partial charge >= 0.3 is 6.03 Å². The number of imide groups is 1. The minimum absolute atomic E-state index is 0.0389. The van der Waals surface area contributed by atoms with E-state index in [-0.39, 0.29) is 24.8 Å². The first-order valence-electron chi connectivity index (χ1n) is 8.37. The number of carbonyl (C=O) groups excluding carboxylic acids is 3. The molecule has 2 rings (SSSR count). The van der Waals surface area contributed by atoms with Crippen molar-refractivity contribution in [2.45, 2.75) is 32.2 Å². The second-order valence-electron chi connectivity index (χ2n) is 6.59. The number of nitrogens with one attached hydrogen (secondary N) is 1. The minimum Gasteiger partial charge on any atom is -0.492 e. The molecule has 7 heteroatoms. The van der Waals surface area contributed by atoms with Crippen LogP contribution >= 0.6 is 0 Å². The van der Waals surface area contributed by atoms with Gasteiger partial charge in [-0.25, -0.2) is 4.79 Å². The van der Waals surface area contributed by atoms with Crippen LogP contribution in [0.3, 0.4) is 0 Å². The van der Waals surface area contributed by atoms with E-state index in [1.165, 1.54) is 4.90 Å². The number of carbonyl (C=O) groups is 3. The summed E-state index contributed by atoms with van der Waals surface area (Å²) in [6.45, 7) is 4.46. The van der Waals surface area contributed by atoms with Crippen LogP contribution in [-0.2, 0) is 9.59 Å². The lowest BCUT2D eigenvalue weighted by molar-refractivity contribution is -0.132. The fraction of sp³-hybridized carbons (Fsp3) is 0.500. The standard InChI is InChI=1S/C18H25N3O4/c1-18(2)16(23)21(17(24)19-18)11-7-10-15(22)20(3)12-13-25-14-8-5-4-6-9-14/h4-6,8-9H,7,10-13H2,1-3H3,(H,19,24). The van der Waals surface area contributed by atoms with Crippen LogP contribution in [0.15, 0.2) is 30.3 Å². The van der Waals surface area contributed by atoms with Gasteiger partial charge < -0.3 is 15.0 Å². The maximum absolute atomic E-state index is 12.1. The Kier molecular flexibility index (Phi) is 6.01. The molecule has 0 radical (unpaired) electrons. The zero-order valence-electron chi connectivity index (χ0n) is 14.9. The summed E-state index contributed by atoms with van der Waals surface area (Å²) in [5.74, 6) is 0.474. The molecule has 136 valence electrons. The Labute approximate surface area is 147 Å². The highest BCUT2D eigenvalue weighted by molar-refractivity contribution is 6.06. The van der Waals surface area contributed by atoms with Crippen LogP contribution in [0.5, 0.6) is 5.75 Å². The van der Waals surface area contributed by atoms with Gasteiger partial charge in [0.1, 0.15) is 17.9 Å². The van der Waals surface area contributed by atoms with Crippen molar-refractivity contribution in [3.8, 4) is 5.75 Å². The summed E-state index contributed by atoms with van der Waals surface area (Å²) >= 11 is 0. The highest BCUT2D eigenvalue weighted by atomic mass is 16.5. The quantitative estimate of drug-likeness (QED) is 0.725. The lowest BCUT2D eigenvalue weighted by atomic mass is 10.1. The molecular weight excluding hydrogens is 322 g/mol. The lowest BCUT2D eigenvalue weighted by Crippen LogP contribution is -2.40. The summed E-state index contributed by atoms with van der Waals surface area (Å²) in [4.78, 5) is 38.7. The highest BCUT2D eigenvalue weighted by Crippen LogP contribution is 2.17. The first-order valence-corrected chi connectivity index (χ1v) is 8.37. The second-order valence-corrected chi connectivity index (χ2v) is 6.59. The first kappa shape index (κ1) is 18.8. The molecule has 1 aromatic rings. The van der Waals surface area contributed by atoms with Gasteiger partial charge in [0.15, 0.2) is 0 Å². The summed E-state index contributed by atoms with van der Waals surface area (Å²) in [6, 6.07) is 9.02. The number of para-hydroxylation sites is 1. The number of likely N-dealkylation sites (N-methyl/N-ethyl adjacent to an activating group) is 1. The Balaban J connectivity index is 1.68. The van der Waals surface area contributed by atoms with Crippen LogP contribution in [0.25, 0.3) is 0 Å². The van der Waals surface area contributed by atoms with Crippen LogP contribution in [0.4, 0.5) is 4.79 Å². The van der Waals surface area contributed by atoms with Crippen molar-refractivity contribution in [3.05, 3.63) is 30.3 Å². The van der Waals surface area contributed by atoms with Crippen molar-refractivity contribution < 1.29 is 19.1 Å². The molecule has 7 nitrogen and oxygen atoms in total. The number of ether oxygens (including phenoxy) is 1. The van der Waals surface area contributed by atoms with Crippen molar-refractivity contribution in [1.82, 2.24) is 15.1 Å². The molecule has 1 aliphatic rings. The molecule has 0 saturated carbocycles. The van der Waals surface area contributed by atoms with E-state index in [9.17, 15) is 14.4 Å². The van der Waals surface area contributed by atoms with Gasteiger partial charge in [-0.2, -0.15) is 0 Å². The summed E-state index contributed by atoms with van der Waals surface area (Å²) in [6.07, 6.45) is 0.720. The molecule has 0 bridgehead atoms. The topological polar surface area (TPSA) is 79.0 Å². The molecule has 1 aromatic carbocycles. The Bertz CT molecular complexity index is 630. The maximum Gasteiger partial charge on any atom is 0.325 e. The molecule has 0 aromatic heterocycles. The predicted molar refractivity (Wildman–Crippen MR) is 93.1 cm³/mol. The molecule has 4 amide bonds. The number of benzene rings is 1. The third-order valence-electron chi connectivity index (χ3n) is 4.08. The van der Waals surface area contributed by atoms with E-state index in [4.69, 9.17) is 4.74 Å². The minimum atomic E-state index is -0.868. The molecule has 25 heavy (non-hydrogen) atoms. The lowest BCUT2D eigenvalue weighted by Gasteiger charge is -2.19. The Morgan fingerprint density at radius 1 is 1.24 bits per heavy atom. The van der Waals surface area contributed by atoms with E-state index >= 15 is 0 Å². The molecule has 1 fully saturated rings. The zero-order chi connectivity index (χ0) is 18.4. The van der Waals surface area contributed by atoms with Gasteiger partial charge in [0, 0.05) is 20.0 Å². The summed E-state index contributed by atoms with van der Waals surface area (Å²) < 4.78 is 5.56. The predicted octanol–water partition coefficient (Wildman–Crippen LogP) is 1.63. The second kappa shape index (κ2) is 8.00. The third kappa shape index (κ3) is 4.95. The monoisotopic (exact) mass is 347 g/mol. The zero-order valence-corrected chi connectivity index (χ0v) is 14.9. The van der Waals surface area contributed by atoms with E-state index in [2.05, 4.69) is 5.32 Å². The van der Waals surface area contributed by atoms with Crippen molar-refractivity contribution in [1.29, 1.82) is 0 Å². The SMILES string of the molecule is CN(CCOc1ccccc1)C(=O)CCCN1C(=O)NC(C)(C)C1=O. The molecule has 1 aliphatic heterocycles. The molecule has 1 saturated heterocycles. The average Bonchev–Trinajstić information content (AvgIpc) is 2.77. The van der Waals surface area contributed by atoms with Crippen LogP contribution in [0, 0.1) is 0 Å². The number of hydrogen-bond acceptors (Lipinski definition) is 4. The van der Waals surface area contributed by atoms with E-state index in [0.29, 0.717) is 19.6 Å². The molecule has 1 N–H and O–H groups in total. The van der Waals surface area contributed by atoms with E-state index in [1.54, 1.807) is 25.8 Å². The van der Waals surface area contributed by atoms with Gasteiger partial charge in [-0.15, -0.1) is 0 Å². The molecule has 0 aliphatic carbocycles. The summed E-state index contributed by atoms with van der Waals surface area (Å²) in [5.41, 5.74) is -0.868. The van der Waals surface area contributed by atoms with Crippen LogP contribution in [-0.4, -0.2) is 59.9 Å². The smallest absolute Gasteiger partial charge is 0.325 e. The van der Waals surface area contributed by atoms with Gasteiger partial charge in [0.05, 0.1) is 6.54 Å². The summed E-state index contributed by atoms with van der Waals surface area (Å²) in [5, 5.41) is 2.62. The van der Waals surface area contributed by atoms with Crippen LogP contribution in [0.1, 0.15) is 26.7 Å². The van der Waals surface area contributed by atoms with Gasteiger partial charge in [0.2, 0.25) is 5.91 Å². The summed E-state index contributed by atoms with van der Waals surface area (Å²) in [7, 11) is 1.72. The van der Waals surface area contributed by atoms with Crippen LogP contribution in [0.2, 0.25) is 0 Å². The number of rotatable bonds is 8.